The quantitative estimate of drug-likeness (QED) is 0.555. The van der Waals surface area contributed by atoms with E-state index in [4.69, 9.17) is 5.26 Å². The Hall–Kier alpha value is -3.05. The Bertz CT molecular complexity index is 1000. The Kier molecular flexibility index (Phi) is 7.98. The van der Waals surface area contributed by atoms with E-state index in [0.717, 1.165) is 36.8 Å². The van der Waals surface area contributed by atoms with Crippen LogP contribution >= 0.6 is 0 Å². The zero-order chi connectivity index (χ0) is 24.0. The Morgan fingerprint density at radius 2 is 1.97 bits per heavy atom. The normalized spacial score (nSPS) is 14.9. The molecule has 1 saturated carbocycles. The van der Waals surface area contributed by atoms with Crippen LogP contribution in [-0.4, -0.2) is 48.0 Å². The Morgan fingerprint density at radius 1 is 1.21 bits per heavy atom. The molecule has 1 aliphatic rings. The lowest BCUT2D eigenvalue weighted by Gasteiger charge is -2.33. The highest BCUT2D eigenvalue weighted by Gasteiger charge is 2.44. The molecule has 6 nitrogen and oxygen atoms in total. The van der Waals surface area contributed by atoms with Crippen LogP contribution in [0.5, 0.6) is 0 Å². The molecule has 8 heteroatoms. The minimum absolute atomic E-state index is 0.0433. The third kappa shape index (κ3) is 5.85. The van der Waals surface area contributed by atoms with Crippen molar-refractivity contribution in [1.82, 2.24) is 15.2 Å². The molecule has 0 aliphatic heterocycles. The fourth-order valence-corrected chi connectivity index (χ4v) is 4.20. The smallest absolute Gasteiger partial charge is 0.223 e. The third-order valence-corrected chi connectivity index (χ3v) is 6.29. The van der Waals surface area contributed by atoms with E-state index in [2.05, 4.69) is 28.2 Å². The molecule has 1 aliphatic carbocycles. The first-order valence-electron chi connectivity index (χ1n) is 11.4. The number of anilines is 1. The molecule has 1 aromatic heterocycles. The van der Waals surface area contributed by atoms with Gasteiger partial charge >= 0.3 is 0 Å². The van der Waals surface area contributed by atoms with Gasteiger partial charge < -0.3 is 15.1 Å². The number of amides is 1. The van der Waals surface area contributed by atoms with Gasteiger partial charge in [0, 0.05) is 50.4 Å². The molecular formula is C25H31F2N5O. The van der Waals surface area contributed by atoms with Gasteiger partial charge in [-0.3, -0.25) is 4.79 Å². The number of nitriles is 1. The Balaban J connectivity index is 1.54. The second kappa shape index (κ2) is 10.7. The van der Waals surface area contributed by atoms with Crippen molar-refractivity contribution >= 4 is 11.7 Å². The highest BCUT2D eigenvalue weighted by atomic mass is 19.2. The number of pyridine rings is 1. The van der Waals surface area contributed by atoms with Crippen molar-refractivity contribution in [3.63, 3.8) is 0 Å². The average Bonchev–Trinajstić information content (AvgIpc) is 3.61. The number of likely N-dealkylation sites (N-methyl/N-ethyl adjacent to an activating group) is 2. The molecule has 2 aromatic rings. The number of carbonyl (C=O) groups is 1. The summed E-state index contributed by atoms with van der Waals surface area (Å²) in [5.74, 6) is -0.882. The van der Waals surface area contributed by atoms with E-state index in [-0.39, 0.29) is 17.5 Å². The number of nitrogens with zero attached hydrogens (tertiary/aromatic N) is 4. The summed E-state index contributed by atoms with van der Waals surface area (Å²) in [4.78, 5) is 21.2. The second-order valence-electron chi connectivity index (χ2n) is 8.47. The van der Waals surface area contributed by atoms with Crippen LogP contribution < -0.4 is 10.2 Å². The lowest BCUT2D eigenvalue weighted by Crippen LogP contribution is -2.45. The fourth-order valence-electron chi connectivity index (χ4n) is 4.20. The lowest BCUT2D eigenvalue weighted by atomic mass is 10.0. The second-order valence-corrected chi connectivity index (χ2v) is 8.47. The van der Waals surface area contributed by atoms with Crippen molar-refractivity contribution in [1.29, 1.82) is 5.26 Å². The molecule has 1 N–H and O–H groups in total. The Labute approximate surface area is 194 Å². The maximum atomic E-state index is 13.6. The first-order chi connectivity index (χ1) is 15.8. The van der Waals surface area contributed by atoms with Crippen molar-refractivity contribution in [3.05, 3.63) is 59.3 Å². The van der Waals surface area contributed by atoms with Crippen LogP contribution in [-0.2, 0) is 10.3 Å². The first-order valence-corrected chi connectivity index (χ1v) is 11.4. The molecule has 1 amide bonds. The lowest BCUT2D eigenvalue weighted by molar-refractivity contribution is -0.131. The molecule has 1 aromatic carbocycles. The number of hydrogen-bond acceptors (Lipinski definition) is 5. The predicted octanol–water partition coefficient (Wildman–Crippen LogP) is 3.96. The van der Waals surface area contributed by atoms with Gasteiger partial charge in [-0.15, -0.1) is 0 Å². The number of rotatable bonds is 11. The van der Waals surface area contributed by atoms with Gasteiger partial charge in [0.05, 0.1) is 5.56 Å². The van der Waals surface area contributed by atoms with E-state index in [1.807, 2.05) is 24.8 Å². The summed E-state index contributed by atoms with van der Waals surface area (Å²) >= 11 is 0. The van der Waals surface area contributed by atoms with Crippen LogP contribution in [0.4, 0.5) is 14.6 Å². The number of benzene rings is 1. The van der Waals surface area contributed by atoms with Crippen LogP contribution in [0, 0.1) is 23.0 Å². The largest absolute Gasteiger partial charge is 0.352 e. The maximum absolute atomic E-state index is 13.6. The first kappa shape index (κ1) is 24.6. The number of hydrogen-bond donors (Lipinski definition) is 1. The molecule has 0 radical (unpaired) electrons. The maximum Gasteiger partial charge on any atom is 0.223 e. The van der Waals surface area contributed by atoms with Crippen LogP contribution in [0.15, 0.2) is 36.5 Å². The summed E-state index contributed by atoms with van der Waals surface area (Å²) in [5.41, 5.74) is 0.875. The van der Waals surface area contributed by atoms with Crippen molar-refractivity contribution in [2.75, 3.05) is 31.1 Å². The van der Waals surface area contributed by atoms with Crippen molar-refractivity contribution in [2.24, 2.45) is 0 Å². The molecule has 1 atom stereocenters. The van der Waals surface area contributed by atoms with Crippen LogP contribution in [0.1, 0.15) is 51.2 Å². The van der Waals surface area contributed by atoms with Gasteiger partial charge in [0.2, 0.25) is 5.91 Å². The summed E-state index contributed by atoms with van der Waals surface area (Å²) in [6, 6.07) is 9.69. The van der Waals surface area contributed by atoms with Gasteiger partial charge in [0.25, 0.3) is 0 Å². The van der Waals surface area contributed by atoms with Gasteiger partial charge in [-0.2, -0.15) is 5.26 Å². The molecule has 3 rings (SSSR count). The molecule has 1 heterocycles. The van der Waals surface area contributed by atoms with Crippen molar-refractivity contribution in [2.45, 2.75) is 51.6 Å². The summed E-state index contributed by atoms with van der Waals surface area (Å²) in [5, 5.41) is 12.4. The van der Waals surface area contributed by atoms with E-state index < -0.39 is 11.6 Å². The van der Waals surface area contributed by atoms with Crippen molar-refractivity contribution in [3.8, 4) is 6.07 Å². The van der Waals surface area contributed by atoms with E-state index in [1.54, 1.807) is 18.3 Å². The van der Waals surface area contributed by atoms with Gasteiger partial charge in [0.1, 0.15) is 11.9 Å². The minimum Gasteiger partial charge on any atom is -0.352 e. The predicted molar refractivity (Wildman–Crippen MR) is 124 cm³/mol. The number of aromatic nitrogens is 1. The highest BCUT2D eigenvalue weighted by Crippen LogP contribution is 2.45. The zero-order valence-electron chi connectivity index (χ0n) is 19.4. The highest BCUT2D eigenvalue weighted by molar-refractivity contribution is 5.76. The topological polar surface area (TPSA) is 72.3 Å². The molecule has 1 unspecified atom stereocenters. The van der Waals surface area contributed by atoms with Gasteiger partial charge in [-0.05, 0) is 63.4 Å². The molecule has 0 saturated heterocycles. The molecule has 1 fully saturated rings. The molecule has 0 bridgehead atoms. The number of halogens is 2. The van der Waals surface area contributed by atoms with Gasteiger partial charge in [0.15, 0.2) is 11.6 Å². The standard InChI is InChI=1S/C25H31F2N5O/c1-4-31(17-18(3)32(5-2)23-9-6-19(15-28)16-29-23)24(33)10-13-30-25(11-12-25)20-7-8-21(26)22(27)14-20/h6-9,14,16,18,30H,4-5,10-13,17H2,1-3H3. The third-order valence-electron chi connectivity index (χ3n) is 6.29. The van der Waals surface area contributed by atoms with E-state index in [1.165, 1.54) is 6.07 Å². The van der Waals surface area contributed by atoms with Crippen molar-refractivity contribution < 1.29 is 13.6 Å². The summed E-state index contributed by atoms with van der Waals surface area (Å²) in [7, 11) is 0. The van der Waals surface area contributed by atoms with Crippen LogP contribution in [0.3, 0.4) is 0 Å². The molecule has 176 valence electrons. The van der Waals surface area contributed by atoms with E-state index >= 15 is 0 Å². The minimum atomic E-state index is -0.852. The van der Waals surface area contributed by atoms with E-state index in [9.17, 15) is 13.6 Å². The van der Waals surface area contributed by atoms with Crippen LogP contribution in [0.2, 0.25) is 0 Å². The zero-order valence-corrected chi connectivity index (χ0v) is 19.4. The monoisotopic (exact) mass is 455 g/mol. The summed E-state index contributed by atoms with van der Waals surface area (Å²) in [6.45, 7) is 8.39. The number of nitrogens with one attached hydrogen (secondary N) is 1. The van der Waals surface area contributed by atoms with Gasteiger partial charge in [-0.1, -0.05) is 6.07 Å². The molecule has 33 heavy (non-hydrogen) atoms. The van der Waals surface area contributed by atoms with E-state index in [0.29, 0.717) is 31.6 Å². The molecule has 0 spiro atoms. The Morgan fingerprint density at radius 3 is 2.52 bits per heavy atom. The number of carbonyl (C=O) groups excluding carboxylic acids is 1. The fraction of sp³-hybridized carbons (Fsp3) is 0.480. The average molecular weight is 456 g/mol. The van der Waals surface area contributed by atoms with Gasteiger partial charge in [-0.25, -0.2) is 13.8 Å². The SMILES string of the molecule is CCN(CC(C)N(CC)c1ccc(C#N)cn1)C(=O)CCNC1(c2ccc(F)c(F)c2)CC1. The summed E-state index contributed by atoms with van der Waals surface area (Å²) < 4.78 is 26.9. The molecular weight excluding hydrogens is 424 g/mol. The van der Waals surface area contributed by atoms with Crippen LogP contribution in [0.25, 0.3) is 0 Å². The summed E-state index contributed by atoms with van der Waals surface area (Å²) in [6.07, 6.45) is 3.56.